The Morgan fingerprint density at radius 2 is 1.94 bits per heavy atom. The molecule has 4 N–H and O–H groups in total. The van der Waals surface area contributed by atoms with Crippen molar-refractivity contribution in [1.82, 2.24) is 0 Å². The number of hydrogen-bond donors (Lipinski definition) is 3. The van der Waals surface area contributed by atoms with Gasteiger partial charge >= 0.3 is 5.97 Å². The lowest BCUT2D eigenvalue weighted by atomic mass is 9.81. The van der Waals surface area contributed by atoms with Crippen LogP contribution in [0.15, 0.2) is 24.3 Å². The molecule has 8 heteroatoms. The Hall–Kier alpha value is -1.95. The second kappa shape index (κ2) is 14.2. The number of unbranched alkanes of at least 4 members (excludes halogenated alkanes) is 1. The van der Waals surface area contributed by atoms with Crippen molar-refractivity contribution in [3.05, 3.63) is 24.3 Å². The number of carboxylic acid groups (broad SMARTS) is 1. The normalized spacial score (nSPS) is 22.3. The van der Waals surface area contributed by atoms with E-state index in [4.69, 9.17) is 5.11 Å². The molecule has 1 saturated carbocycles. The van der Waals surface area contributed by atoms with Crippen LogP contribution in [0.5, 0.6) is 0 Å². The van der Waals surface area contributed by atoms with Gasteiger partial charge in [-0.15, -0.1) is 11.8 Å². The molecule has 0 aromatic heterocycles. The highest BCUT2D eigenvalue weighted by Crippen LogP contribution is 2.38. The number of carbonyl (C=O) groups is 2. The van der Waals surface area contributed by atoms with Crippen LogP contribution >= 0.6 is 0 Å². The number of aliphatic hydroxyl groups is 1. The lowest BCUT2D eigenvalue weighted by Gasteiger charge is -2.27. The number of ketones is 1. The van der Waals surface area contributed by atoms with E-state index in [-0.39, 0.29) is 35.4 Å². The molecule has 0 heterocycles. The topological polar surface area (TPSA) is 135 Å². The number of hydrogen-bond acceptors (Lipinski definition) is 5. The highest BCUT2D eigenvalue weighted by molar-refractivity contribution is 7.88. The molecule has 0 aromatic carbocycles. The third kappa shape index (κ3) is 13.5. The van der Waals surface area contributed by atoms with Gasteiger partial charge in [-0.2, -0.15) is 0 Å². The molecule has 1 aliphatic rings. The van der Waals surface area contributed by atoms with Crippen molar-refractivity contribution in [3.63, 3.8) is 0 Å². The zero-order valence-electron chi connectivity index (χ0n) is 19.9. The van der Waals surface area contributed by atoms with E-state index in [1.165, 1.54) is 0 Å². The van der Waals surface area contributed by atoms with Crippen molar-refractivity contribution in [1.29, 1.82) is 0 Å². The van der Waals surface area contributed by atoms with E-state index in [0.29, 0.717) is 32.1 Å². The standard InChI is InChI=1S/C23H34O4.CH5NO2S/c1-5-6-15-23(3,4)21(25)14-13-18-17(2)16-20(24)19(18)11-9-7-8-10-12-22(26)27;1-5(2,3)4/h7,9,13-14,17-19,21,25H,8,10-12,15-16H2,1-4H3,(H,26,27);1H3,(H2,2,3,4)/b9-7-,14-13+;/t17-,18+,19-,21-;/m1./s1. The fourth-order valence-corrected chi connectivity index (χ4v) is 3.48. The number of Topliss-reactive ketones (excluding diaryl/α,β-unsaturated/α-hetero) is 1. The number of carboxylic acids is 1. The molecule has 0 amide bonds. The van der Waals surface area contributed by atoms with Gasteiger partial charge < -0.3 is 10.2 Å². The first kappa shape index (κ1) is 30.0. The molecule has 1 aliphatic carbocycles. The summed E-state index contributed by atoms with van der Waals surface area (Å²) in [5.41, 5.74) is -0.328. The fourth-order valence-electron chi connectivity index (χ4n) is 3.48. The smallest absolute Gasteiger partial charge is 0.303 e. The van der Waals surface area contributed by atoms with Crippen LogP contribution in [0.3, 0.4) is 0 Å². The lowest BCUT2D eigenvalue weighted by molar-refractivity contribution is -0.137. The molecule has 182 valence electrons. The van der Waals surface area contributed by atoms with Gasteiger partial charge in [0.25, 0.3) is 0 Å². The molecule has 4 atom stereocenters. The van der Waals surface area contributed by atoms with Crippen molar-refractivity contribution in [2.75, 3.05) is 6.26 Å². The van der Waals surface area contributed by atoms with Gasteiger partial charge in [0, 0.05) is 30.6 Å². The molecule has 0 spiro atoms. The van der Waals surface area contributed by atoms with Crippen molar-refractivity contribution < 1.29 is 28.2 Å². The fraction of sp³-hybridized carbons (Fsp3) is 0.667. The quantitative estimate of drug-likeness (QED) is 0.255. The minimum Gasteiger partial charge on any atom is -0.481 e. The van der Waals surface area contributed by atoms with E-state index >= 15 is 0 Å². The predicted octanol–water partition coefficient (Wildman–Crippen LogP) is 3.29. The highest BCUT2D eigenvalue weighted by Gasteiger charge is 2.38. The molecule has 0 bridgehead atoms. The summed E-state index contributed by atoms with van der Waals surface area (Å²) in [5.74, 6) is 5.74. The zero-order chi connectivity index (χ0) is 24.9. The highest BCUT2D eigenvalue weighted by atomic mass is 32.2. The monoisotopic (exact) mass is 469 g/mol. The first-order valence-electron chi connectivity index (χ1n) is 10.8. The summed E-state index contributed by atoms with van der Waals surface area (Å²) in [7, 11) is -3.17. The summed E-state index contributed by atoms with van der Waals surface area (Å²) in [6.07, 6.45) is 11.5. The Morgan fingerprint density at radius 1 is 1.34 bits per heavy atom. The maximum absolute atomic E-state index is 12.4. The molecule has 0 radical (unpaired) electrons. The van der Waals surface area contributed by atoms with Crippen LogP contribution in [0.4, 0.5) is 0 Å². The largest absolute Gasteiger partial charge is 0.481 e. The van der Waals surface area contributed by atoms with Gasteiger partial charge in [-0.05, 0) is 38.0 Å². The van der Waals surface area contributed by atoms with Gasteiger partial charge in [0.1, 0.15) is 5.78 Å². The molecule has 0 unspecified atom stereocenters. The van der Waals surface area contributed by atoms with Crippen LogP contribution in [0.25, 0.3) is 0 Å². The second-order valence-corrected chi connectivity index (χ2v) is 10.7. The van der Waals surface area contributed by atoms with Gasteiger partial charge in [-0.3, -0.25) is 9.59 Å². The Bertz CT molecular complexity index is 824. The molecule has 0 aliphatic heterocycles. The molecular weight excluding hydrogens is 430 g/mol. The molecule has 1 fully saturated rings. The van der Waals surface area contributed by atoms with E-state index in [1.807, 2.05) is 38.2 Å². The SMILES string of the molecule is CC#CCC(C)(C)[C@H](O)/C=C/[C@H]1[C@H](C)CC(=O)[C@@H]1C/C=C\CCCC(=O)O.CS(N)(=O)=O. The summed E-state index contributed by atoms with van der Waals surface area (Å²) in [5, 5.41) is 23.5. The van der Waals surface area contributed by atoms with Crippen LogP contribution in [0.1, 0.15) is 66.2 Å². The number of carbonyl (C=O) groups excluding carboxylic acids is 1. The molecule has 0 saturated heterocycles. The van der Waals surface area contributed by atoms with Crippen molar-refractivity contribution in [3.8, 4) is 11.8 Å². The molecule has 7 nitrogen and oxygen atoms in total. The molecule has 32 heavy (non-hydrogen) atoms. The van der Waals surface area contributed by atoms with Crippen molar-refractivity contribution in [2.45, 2.75) is 72.3 Å². The van der Waals surface area contributed by atoms with Gasteiger partial charge in [0.2, 0.25) is 10.0 Å². The van der Waals surface area contributed by atoms with Gasteiger partial charge in [0.05, 0.1) is 12.4 Å². The minimum atomic E-state index is -3.17. The summed E-state index contributed by atoms with van der Waals surface area (Å²) in [4.78, 5) is 22.9. The van der Waals surface area contributed by atoms with Crippen molar-refractivity contribution in [2.24, 2.45) is 28.3 Å². The van der Waals surface area contributed by atoms with E-state index in [0.717, 1.165) is 6.26 Å². The van der Waals surface area contributed by atoms with Crippen LogP contribution < -0.4 is 5.14 Å². The van der Waals surface area contributed by atoms with E-state index in [1.54, 1.807) is 6.92 Å². The van der Waals surface area contributed by atoms with Crippen molar-refractivity contribution >= 4 is 21.8 Å². The second-order valence-electron chi connectivity index (χ2n) is 9.08. The zero-order valence-corrected chi connectivity index (χ0v) is 20.7. The Morgan fingerprint density at radius 3 is 2.47 bits per heavy atom. The van der Waals surface area contributed by atoms with E-state index in [9.17, 15) is 23.1 Å². The Labute approximate surface area is 193 Å². The number of rotatable bonds is 10. The van der Waals surface area contributed by atoms with Crippen LogP contribution in [-0.2, 0) is 19.6 Å². The van der Waals surface area contributed by atoms with Crippen LogP contribution in [0, 0.1) is 35.0 Å². The van der Waals surface area contributed by atoms with Crippen LogP contribution in [-0.4, -0.2) is 42.7 Å². The van der Waals surface area contributed by atoms with Gasteiger partial charge in [0.15, 0.2) is 0 Å². The maximum Gasteiger partial charge on any atom is 0.303 e. The summed E-state index contributed by atoms with van der Waals surface area (Å²) < 4.78 is 18.8. The van der Waals surface area contributed by atoms with Gasteiger partial charge in [-0.25, -0.2) is 13.6 Å². The third-order valence-corrected chi connectivity index (χ3v) is 5.41. The maximum atomic E-state index is 12.4. The summed E-state index contributed by atoms with van der Waals surface area (Å²) >= 11 is 0. The lowest BCUT2D eigenvalue weighted by Crippen LogP contribution is -2.27. The number of aliphatic hydroxyl groups excluding tert-OH is 1. The molecular formula is C24H39NO6S. The number of sulfonamides is 1. The minimum absolute atomic E-state index is 0.0577. The number of aliphatic carboxylic acids is 1. The summed E-state index contributed by atoms with van der Waals surface area (Å²) in [6, 6.07) is 0. The van der Waals surface area contributed by atoms with E-state index < -0.39 is 22.1 Å². The average Bonchev–Trinajstić information content (AvgIpc) is 2.91. The number of nitrogens with two attached hydrogens (primary N) is 1. The third-order valence-electron chi connectivity index (χ3n) is 5.41. The number of primary sulfonamides is 1. The first-order valence-corrected chi connectivity index (χ1v) is 12.8. The average molecular weight is 470 g/mol. The van der Waals surface area contributed by atoms with Crippen LogP contribution in [0.2, 0.25) is 0 Å². The van der Waals surface area contributed by atoms with E-state index in [2.05, 4.69) is 23.9 Å². The Balaban J connectivity index is 0.00000172. The Kier molecular flexibility index (Phi) is 13.4. The van der Waals surface area contributed by atoms with Gasteiger partial charge in [-0.1, -0.05) is 45.1 Å². The number of allylic oxidation sites excluding steroid dienone is 3. The molecule has 0 aromatic rings. The molecule has 1 rings (SSSR count). The summed E-state index contributed by atoms with van der Waals surface area (Å²) in [6.45, 7) is 7.87. The first-order chi connectivity index (χ1) is 14.7. The predicted molar refractivity (Wildman–Crippen MR) is 127 cm³/mol.